The zero-order chi connectivity index (χ0) is 14.0. The van der Waals surface area contributed by atoms with Gasteiger partial charge >= 0.3 is 0 Å². The molecule has 0 aliphatic carbocycles. The highest BCUT2D eigenvalue weighted by molar-refractivity contribution is 5.31. The monoisotopic (exact) mass is 271 g/mol. The number of nitrogens with one attached hydrogen (secondary N) is 1. The zero-order valence-corrected chi connectivity index (χ0v) is 12.0. The SMILES string of the molecule is CC(NCC1(C)COC1)c1cnn(-c2ccccc2)c1. The highest BCUT2D eigenvalue weighted by atomic mass is 16.5. The fraction of sp³-hybridized carbons (Fsp3) is 0.438. The molecule has 0 bridgehead atoms. The van der Waals surface area contributed by atoms with Crippen LogP contribution in [0, 0.1) is 5.41 Å². The van der Waals surface area contributed by atoms with Crippen molar-refractivity contribution in [1.29, 1.82) is 0 Å². The molecule has 1 atom stereocenters. The summed E-state index contributed by atoms with van der Waals surface area (Å²) in [5.41, 5.74) is 2.59. The van der Waals surface area contributed by atoms with Crippen LogP contribution in [0.2, 0.25) is 0 Å². The maximum atomic E-state index is 5.28. The predicted octanol–water partition coefficient (Wildman–Crippen LogP) is 2.56. The Bertz CT molecular complexity index is 560. The van der Waals surface area contributed by atoms with E-state index < -0.39 is 0 Å². The molecule has 4 nitrogen and oxygen atoms in total. The molecule has 2 aromatic rings. The van der Waals surface area contributed by atoms with Crippen LogP contribution in [0.25, 0.3) is 5.69 Å². The minimum Gasteiger partial charge on any atom is -0.380 e. The fourth-order valence-electron chi connectivity index (χ4n) is 2.35. The standard InChI is InChI=1S/C16H21N3O/c1-13(17-10-16(2)11-20-12-16)14-8-18-19(9-14)15-6-4-3-5-7-15/h3-9,13,17H,10-12H2,1-2H3. The van der Waals surface area contributed by atoms with Crippen LogP contribution in [0.1, 0.15) is 25.5 Å². The Kier molecular flexibility index (Phi) is 3.59. The Morgan fingerprint density at radius 2 is 2.10 bits per heavy atom. The lowest BCUT2D eigenvalue weighted by molar-refractivity contribution is -0.0999. The minimum absolute atomic E-state index is 0.295. The van der Waals surface area contributed by atoms with Gasteiger partial charge in [0.1, 0.15) is 0 Å². The van der Waals surface area contributed by atoms with Crippen LogP contribution in [0.4, 0.5) is 0 Å². The van der Waals surface area contributed by atoms with Gasteiger partial charge in [0.25, 0.3) is 0 Å². The molecule has 0 amide bonds. The van der Waals surface area contributed by atoms with E-state index in [0.29, 0.717) is 11.5 Å². The van der Waals surface area contributed by atoms with Gasteiger partial charge in [-0.05, 0) is 19.1 Å². The summed E-state index contributed by atoms with van der Waals surface area (Å²) in [6.07, 6.45) is 4.02. The molecule has 2 heterocycles. The summed E-state index contributed by atoms with van der Waals surface area (Å²) < 4.78 is 7.20. The largest absolute Gasteiger partial charge is 0.380 e. The topological polar surface area (TPSA) is 39.1 Å². The summed E-state index contributed by atoms with van der Waals surface area (Å²) in [7, 11) is 0. The maximum absolute atomic E-state index is 5.28. The van der Waals surface area contributed by atoms with Crippen molar-refractivity contribution in [2.24, 2.45) is 5.41 Å². The van der Waals surface area contributed by atoms with Gasteiger partial charge in [0.2, 0.25) is 0 Å². The Morgan fingerprint density at radius 1 is 1.35 bits per heavy atom. The first kappa shape index (κ1) is 13.3. The van der Waals surface area contributed by atoms with Gasteiger partial charge in [-0.25, -0.2) is 4.68 Å². The Balaban J connectivity index is 1.64. The lowest BCUT2D eigenvalue weighted by atomic mass is 9.88. The van der Waals surface area contributed by atoms with E-state index in [2.05, 4.69) is 42.6 Å². The van der Waals surface area contributed by atoms with Gasteiger partial charge in [-0.15, -0.1) is 0 Å². The molecule has 1 aromatic carbocycles. The molecule has 4 heteroatoms. The number of para-hydroxylation sites is 1. The summed E-state index contributed by atoms with van der Waals surface area (Å²) in [4.78, 5) is 0. The first-order valence-corrected chi connectivity index (χ1v) is 7.07. The molecule has 1 N–H and O–H groups in total. The van der Waals surface area contributed by atoms with E-state index in [1.807, 2.05) is 29.1 Å². The van der Waals surface area contributed by atoms with E-state index in [1.54, 1.807) is 0 Å². The van der Waals surface area contributed by atoms with Crippen LogP contribution < -0.4 is 5.32 Å². The van der Waals surface area contributed by atoms with E-state index >= 15 is 0 Å². The number of nitrogens with zero attached hydrogens (tertiary/aromatic N) is 2. The van der Waals surface area contributed by atoms with Crippen LogP contribution in [0.5, 0.6) is 0 Å². The number of hydrogen-bond donors (Lipinski definition) is 1. The number of hydrogen-bond acceptors (Lipinski definition) is 3. The number of benzene rings is 1. The zero-order valence-electron chi connectivity index (χ0n) is 12.0. The van der Waals surface area contributed by atoms with Crippen LogP contribution >= 0.6 is 0 Å². The Morgan fingerprint density at radius 3 is 2.75 bits per heavy atom. The quantitative estimate of drug-likeness (QED) is 0.908. The lowest BCUT2D eigenvalue weighted by Gasteiger charge is -2.38. The summed E-state index contributed by atoms with van der Waals surface area (Å²) in [5.74, 6) is 0. The van der Waals surface area contributed by atoms with Crippen LogP contribution in [0.15, 0.2) is 42.7 Å². The molecule has 1 aromatic heterocycles. The van der Waals surface area contributed by atoms with E-state index in [-0.39, 0.29) is 0 Å². The number of rotatable bonds is 5. The third-order valence-electron chi connectivity index (χ3n) is 3.86. The van der Waals surface area contributed by atoms with Crippen LogP contribution in [0.3, 0.4) is 0 Å². The highest BCUT2D eigenvalue weighted by Gasteiger charge is 2.33. The van der Waals surface area contributed by atoms with E-state index in [4.69, 9.17) is 4.74 Å². The molecule has 1 fully saturated rings. The summed E-state index contributed by atoms with van der Waals surface area (Å²) >= 11 is 0. The van der Waals surface area contributed by atoms with E-state index in [1.165, 1.54) is 5.56 Å². The second-order valence-electron chi connectivity index (χ2n) is 5.96. The molecular weight excluding hydrogens is 250 g/mol. The van der Waals surface area contributed by atoms with Gasteiger partial charge in [0.15, 0.2) is 0 Å². The first-order valence-electron chi connectivity index (χ1n) is 7.07. The van der Waals surface area contributed by atoms with Gasteiger partial charge < -0.3 is 10.1 Å². The average molecular weight is 271 g/mol. The maximum Gasteiger partial charge on any atom is 0.0645 e. The van der Waals surface area contributed by atoms with Gasteiger partial charge in [-0.1, -0.05) is 25.1 Å². The molecular formula is C16H21N3O. The third kappa shape index (κ3) is 2.76. The molecule has 1 aliphatic rings. The third-order valence-corrected chi connectivity index (χ3v) is 3.86. The van der Waals surface area contributed by atoms with Gasteiger partial charge in [-0.3, -0.25) is 0 Å². The summed E-state index contributed by atoms with van der Waals surface area (Å²) in [6, 6.07) is 10.5. The van der Waals surface area contributed by atoms with Crippen molar-refractivity contribution in [3.63, 3.8) is 0 Å². The van der Waals surface area contributed by atoms with Gasteiger partial charge in [0, 0.05) is 29.8 Å². The molecule has 1 unspecified atom stereocenters. The molecule has 1 aliphatic heterocycles. The Labute approximate surface area is 119 Å². The van der Waals surface area contributed by atoms with Crippen LogP contribution in [-0.4, -0.2) is 29.5 Å². The van der Waals surface area contributed by atoms with Crippen molar-refractivity contribution in [3.05, 3.63) is 48.3 Å². The molecule has 3 rings (SSSR count). The summed E-state index contributed by atoms with van der Waals surface area (Å²) in [6.45, 7) is 7.12. The van der Waals surface area contributed by atoms with Crippen molar-refractivity contribution < 1.29 is 4.74 Å². The molecule has 20 heavy (non-hydrogen) atoms. The van der Waals surface area contributed by atoms with E-state index in [0.717, 1.165) is 25.4 Å². The second kappa shape index (κ2) is 5.38. The van der Waals surface area contributed by atoms with Crippen molar-refractivity contribution in [2.45, 2.75) is 19.9 Å². The first-order chi connectivity index (χ1) is 9.66. The highest BCUT2D eigenvalue weighted by Crippen LogP contribution is 2.26. The van der Waals surface area contributed by atoms with E-state index in [9.17, 15) is 0 Å². The van der Waals surface area contributed by atoms with Crippen LogP contribution in [-0.2, 0) is 4.74 Å². The second-order valence-corrected chi connectivity index (χ2v) is 5.96. The van der Waals surface area contributed by atoms with Crippen molar-refractivity contribution in [1.82, 2.24) is 15.1 Å². The molecule has 0 saturated carbocycles. The van der Waals surface area contributed by atoms with Crippen molar-refractivity contribution in [3.8, 4) is 5.69 Å². The van der Waals surface area contributed by atoms with Crippen molar-refractivity contribution in [2.75, 3.05) is 19.8 Å². The summed E-state index contributed by atoms with van der Waals surface area (Å²) in [5, 5.41) is 8.01. The number of aromatic nitrogens is 2. The molecule has 106 valence electrons. The smallest absolute Gasteiger partial charge is 0.0645 e. The average Bonchev–Trinajstić information content (AvgIpc) is 2.93. The van der Waals surface area contributed by atoms with Crippen molar-refractivity contribution >= 4 is 0 Å². The predicted molar refractivity (Wildman–Crippen MR) is 78.9 cm³/mol. The fourth-order valence-corrected chi connectivity index (χ4v) is 2.35. The minimum atomic E-state index is 0.295. The van der Waals surface area contributed by atoms with Gasteiger partial charge in [0.05, 0.1) is 25.1 Å². The van der Waals surface area contributed by atoms with Gasteiger partial charge in [-0.2, -0.15) is 5.10 Å². The molecule has 1 saturated heterocycles. The number of ether oxygens (including phenoxy) is 1. The molecule has 0 spiro atoms. The Hall–Kier alpha value is -1.65. The normalized spacial score (nSPS) is 18.5. The molecule has 0 radical (unpaired) electrons. The lowest BCUT2D eigenvalue weighted by Crippen LogP contribution is -2.47.